The fourth-order valence-electron chi connectivity index (χ4n) is 1.62. The van der Waals surface area contributed by atoms with Crippen LogP contribution in [0.4, 0.5) is 24.8 Å². The van der Waals surface area contributed by atoms with Gasteiger partial charge in [0.25, 0.3) is 0 Å². The van der Waals surface area contributed by atoms with Gasteiger partial charge in [0.2, 0.25) is 0 Å². The van der Waals surface area contributed by atoms with Gasteiger partial charge in [-0.2, -0.15) is 13.2 Å². The lowest BCUT2D eigenvalue weighted by Crippen LogP contribution is -2.28. The van der Waals surface area contributed by atoms with Gasteiger partial charge >= 0.3 is 6.18 Å². The number of anilines is 2. The first-order valence-electron chi connectivity index (χ1n) is 6.06. The van der Waals surface area contributed by atoms with Crippen molar-refractivity contribution in [1.82, 2.24) is 4.98 Å². The Kier molecular flexibility index (Phi) is 5.41. The second-order valence-corrected chi connectivity index (χ2v) is 3.91. The Balaban J connectivity index is 2.94. The third kappa shape index (κ3) is 4.59. The summed E-state index contributed by atoms with van der Waals surface area (Å²) in [6, 6.07) is 1.84. The Morgan fingerprint density at radius 1 is 1.32 bits per heavy atom. The third-order valence-corrected chi connectivity index (χ3v) is 2.57. The van der Waals surface area contributed by atoms with E-state index in [0.717, 1.165) is 12.1 Å². The molecular weight excluding hydrogens is 259 g/mol. The third-order valence-electron chi connectivity index (χ3n) is 2.57. The number of halogens is 3. The Labute approximate surface area is 110 Å². The predicted molar refractivity (Wildman–Crippen MR) is 68.0 cm³/mol. The van der Waals surface area contributed by atoms with Gasteiger partial charge in [-0.15, -0.1) is 0 Å². The maximum atomic E-state index is 12.7. The molecule has 0 amide bonds. The zero-order valence-electron chi connectivity index (χ0n) is 11.0. The van der Waals surface area contributed by atoms with Crippen LogP contribution in [0.25, 0.3) is 0 Å². The molecule has 1 heterocycles. The topological polar surface area (TPSA) is 51.4 Å². The van der Waals surface area contributed by atoms with Crippen molar-refractivity contribution >= 4 is 11.6 Å². The lowest BCUT2D eigenvalue weighted by atomic mass is 10.2. The molecule has 0 radical (unpaired) electrons. The van der Waals surface area contributed by atoms with Crippen LogP contribution >= 0.6 is 0 Å². The summed E-state index contributed by atoms with van der Waals surface area (Å²) in [4.78, 5) is 5.64. The lowest BCUT2D eigenvalue weighted by Gasteiger charge is -2.23. The summed E-state index contributed by atoms with van der Waals surface area (Å²) < 4.78 is 43.3. The van der Waals surface area contributed by atoms with Gasteiger partial charge in [0, 0.05) is 19.7 Å². The van der Waals surface area contributed by atoms with Crippen LogP contribution in [-0.2, 0) is 10.9 Å². The summed E-state index contributed by atoms with van der Waals surface area (Å²) in [6.45, 7) is 5.69. The monoisotopic (exact) mass is 277 g/mol. The van der Waals surface area contributed by atoms with Crippen molar-refractivity contribution in [1.29, 1.82) is 0 Å². The standard InChI is InChI=1S/C12H18F3N3O/c1-3-18(5-6-19-4-2)11-8-9(12(13,14)15)7-10(16)17-11/h7-8H,3-6H2,1-2H3,(H2,16,17). The molecule has 0 unspecified atom stereocenters. The highest BCUT2D eigenvalue weighted by Crippen LogP contribution is 2.32. The number of hydrogen-bond acceptors (Lipinski definition) is 4. The Bertz CT molecular complexity index is 410. The van der Waals surface area contributed by atoms with Gasteiger partial charge in [-0.25, -0.2) is 4.98 Å². The van der Waals surface area contributed by atoms with Crippen LogP contribution in [0.3, 0.4) is 0 Å². The van der Waals surface area contributed by atoms with E-state index in [1.54, 1.807) is 4.90 Å². The summed E-state index contributed by atoms with van der Waals surface area (Å²) >= 11 is 0. The van der Waals surface area contributed by atoms with E-state index < -0.39 is 11.7 Å². The number of rotatable bonds is 6. The molecule has 19 heavy (non-hydrogen) atoms. The number of ether oxygens (including phenoxy) is 1. The van der Waals surface area contributed by atoms with E-state index in [-0.39, 0.29) is 11.6 Å². The maximum absolute atomic E-state index is 12.7. The van der Waals surface area contributed by atoms with Crippen LogP contribution in [0.15, 0.2) is 12.1 Å². The molecular formula is C12H18F3N3O. The van der Waals surface area contributed by atoms with Crippen molar-refractivity contribution in [3.63, 3.8) is 0 Å². The molecule has 0 aliphatic rings. The summed E-state index contributed by atoms with van der Waals surface area (Å²) in [6.07, 6.45) is -4.43. The molecule has 0 fully saturated rings. The first-order chi connectivity index (χ1) is 8.88. The number of aromatic nitrogens is 1. The zero-order valence-corrected chi connectivity index (χ0v) is 11.0. The number of likely N-dealkylation sites (N-methyl/N-ethyl adjacent to an activating group) is 1. The summed E-state index contributed by atoms with van der Waals surface area (Å²) in [5.74, 6) is 0.0780. The number of pyridine rings is 1. The second-order valence-electron chi connectivity index (χ2n) is 3.91. The molecule has 0 atom stereocenters. The molecule has 1 rings (SSSR count). The van der Waals surface area contributed by atoms with Crippen molar-refractivity contribution in [3.8, 4) is 0 Å². The minimum Gasteiger partial charge on any atom is -0.384 e. The molecule has 7 heteroatoms. The molecule has 0 saturated carbocycles. The van der Waals surface area contributed by atoms with Crippen LogP contribution in [0.1, 0.15) is 19.4 Å². The first-order valence-corrected chi connectivity index (χ1v) is 6.06. The number of alkyl halides is 3. The fourth-order valence-corrected chi connectivity index (χ4v) is 1.62. The van der Waals surface area contributed by atoms with Crippen LogP contribution in [0, 0.1) is 0 Å². The van der Waals surface area contributed by atoms with Crippen LogP contribution in [0.2, 0.25) is 0 Å². The van der Waals surface area contributed by atoms with Gasteiger partial charge < -0.3 is 15.4 Å². The van der Waals surface area contributed by atoms with Crippen molar-refractivity contribution < 1.29 is 17.9 Å². The van der Waals surface area contributed by atoms with Crippen molar-refractivity contribution in [2.45, 2.75) is 20.0 Å². The molecule has 0 bridgehead atoms. The number of hydrogen-bond donors (Lipinski definition) is 1. The minimum absolute atomic E-state index is 0.139. The van der Waals surface area contributed by atoms with E-state index in [1.165, 1.54) is 0 Å². The molecule has 0 saturated heterocycles. The molecule has 108 valence electrons. The Hall–Kier alpha value is -1.50. The fraction of sp³-hybridized carbons (Fsp3) is 0.583. The van der Waals surface area contributed by atoms with E-state index in [9.17, 15) is 13.2 Å². The molecule has 1 aromatic rings. The van der Waals surface area contributed by atoms with Gasteiger partial charge in [-0.3, -0.25) is 0 Å². The number of nitrogens with zero attached hydrogens (tertiary/aromatic N) is 2. The Morgan fingerprint density at radius 3 is 2.53 bits per heavy atom. The van der Waals surface area contributed by atoms with E-state index >= 15 is 0 Å². The summed E-state index contributed by atoms with van der Waals surface area (Å²) in [5, 5.41) is 0. The minimum atomic E-state index is -4.43. The quantitative estimate of drug-likeness (QED) is 0.812. The summed E-state index contributed by atoms with van der Waals surface area (Å²) in [5.41, 5.74) is 4.65. The first kappa shape index (κ1) is 15.6. The average molecular weight is 277 g/mol. The molecule has 1 aromatic heterocycles. The molecule has 2 N–H and O–H groups in total. The van der Waals surface area contributed by atoms with Gasteiger partial charge in [-0.1, -0.05) is 0 Å². The smallest absolute Gasteiger partial charge is 0.384 e. The van der Waals surface area contributed by atoms with E-state index in [0.29, 0.717) is 26.3 Å². The molecule has 4 nitrogen and oxygen atoms in total. The predicted octanol–water partition coefficient (Wildman–Crippen LogP) is 2.55. The van der Waals surface area contributed by atoms with Crippen LogP contribution < -0.4 is 10.6 Å². The van der Waals surface area contributed by atoms with Crippen LogP contribution in [-0.4, -0.2) is 31.3 Å². The van der Waals surface area contributed by atoms with E-state index in [2.05, 4.69) is 4.98 Å². The van der Waals surface area contributed by atoms with Crippen molar-refractivity contribution in [3.05, 3.63) is 17.7 Å². The van der Waals surface area contributed by atoms with Gasteiger partial charge in [0.05, 0.1) is 12.2 Å². The molecule has 0 aromatic carbocycles. The SMILES string of the molecule is CCOCCN(CC)c1cc(C(F)(F)F)cc(N)n1. The molecule has 0 aliphatic heterocycles. The Morgan fingerprint density at radius 2 is 2.00 bits per heavy atom. The highest BCUT2D eigenvalue weighted by atomic mass is 19.4. The second kappa shape index (κ2) is 6.60. The molecule has 0 spiro atoms. The summed E-state index contributed by atoms with van der Waals surface area (Å²) in [7, 11) is 0. The lowest BCUT2D eigenvalue weighted by molar-refractivity contribution is -0.137. The van der Waals surface area contributed by atoms with Gasteiger partial charge in [0.15, 0.2) is 0 Å². The highest BCUT2D eigenvalue weighted by molar-refractivity contribution is 5.49. The molecule has 0 aliphatic carbocycles. The zero-order chi connectivity index (χ0) is 14.5. The maximum Gasteiger partial charge on any atom is 0.416 e. The number of nitrogen functional groups attached to an aromatic ring is 1. The van der Waals surface area contributed by atoms with Crippen LogP contribution in [0.5, 0.6) is 0 Å². The number of nitrogens with two attached hydrogens (primary N) is 1. The van der Waals surface area contributed by atoms with E-state index in [1.807, 2.05) is 13.8 Å². The van der Waals surface area contributed by atoms with Gasteiger partial charge in [-0.05, 0) is 26.0 Å². The average Bonchev–Trinajstić information content (AvgIpc) is 2.33. The normalized spacial score (nSPS) is 11.6. The van der Waals surface area contributed by atoms with E-state index in [4.69, 9.17) is 10.5 Å². The van der Waals surface area contributed by atoms with Gasteiger partial charge in [0.1, 0.15) is 11.6 Å². The highest BCUT2D eigenvalue weighted by Gasteiger charge is 2.31. The van der Waals surface area contributed by atoms with Crippen molar-refractivity contribution in [2.75, 3.05) is 36.9 Å². The van der Waals surface area contributed by atoms with Crippen molar-refractivity contribution in [2.24, 2.45) is 0 Å². The largest absolute Gasteiger partial charge is 0.416 e.